The maximum absolute atomic E-state index is 12.0. The molecule has 2 aromatic rings. The van der Waals surface area contributed by atoms with E-state index in [9.17, 15) is 9.59 Å². The van der Waals surface area contributed by atoms with Gasteiger partial charge in [-0.05, 0) is 45.4 Å². The second-order valence-corrected chi connectivity index (χ2v) is 6.44. The second-order valence-electron chi connectivity index (χ2n) is 5.20. The van der Waals surface area contributed by atoms with Gasteiger partial charge >= 0.3 is 11.8 Å². The van der Waals surface area contributed by atoms with E-state index in [4.69, 9.17) is 0 Å². The first-order valence-electron chi connectivity index (χ1n) is 6.99. The van der Waals surface area contributed by atoms with Gasteiger partial charge in [0.05, 0.1) is 16.7 Å². The molecule has 1 aromatic heterocycles. The molecule has 5 nitrogen and oxygen atoms in total. The van der Waals surface area contributed by atoms with Crippen molar-refractivity contribution in [1.29, 1.82) is 0 Å². The highest BCUT2D eigenvalue weighted by Crippen LogP contribution is 2.24. The molecule has 0 aliphatic heterocycles. The molecule has 2 rings (SSSR count). The summed E-state index contributed by atoms with van der Waals surface area (Å²) in [7, 11) is 0. The van der Waals surface area contributed by atoms with Gasteiger partial charge in [-0.2, -0.15) is 0 Å². The summed E-state index contributed by atoms with van der Waals surface area (Å²) in [5, 5.41) is 6.24. The average molecular weight is 317 g/mol. The van der Waals surface area contributed by atoms with Gasteiger partial charge in [0, 0.05) is 10.6 Å². The quantitative estimate of drug-likeness (QED) is 0.855. The summed E-state index contributed by atoms with van der Waals surface area (Å²) in [6, 6.07) is 7.06. The van der Waals surface area contributed by atoms with E-state index in [0.29, 0.717) is 5.69 Å². The molecule has 2 N–H and O–H groups in total. The van der Waals surface area contributed by atoms with Crippen molar-refractivity contribution in [3.8, 4) is 0 Å². The van der Waals surface area contributed by atoms with E-state index in [0.717, 1.165) is 21.1 Å². The van der Waals surface area contributed by atoms with Crippen molar-refractivity contribution in [2.75, 3.05) is 5.32 Å². The Bertz CT molecular complexity index is 709. The van der Waals surface area contributed by atoms with E-state index in [-0.39, 0.29) is 6.04 Å². The van der Waals surface area contributed by atoms with E-state index >= 15 is 0 Å². The summed E-state index contributed by atoms with van der Waals surface area (Å²) >= 11 is 1.52. The zero-order valence-electron chi connectivity index (χ0n) is 13.1. The summed E-state index contributed by atoms with van der Waals surface area (Å²) in [5.41, 5.74) is 2.51. The molecule has 0 saturated carbocycles. The van der Waals surface area contributed by atoms with E-state index in [1.807, 2.05) is 45.9 Å². The molecule has 0 unspecified atom stereocenters. The summed E-state index contributed by atoms with van der Waals surface area (Å²) in [4.78, 5) is 29.2. The van der Waals surface area contributed by atoms with Gasteiger partial charge in [-0.1, -0.05) is 12.1 Å². The number of carbonyl (C=O) groups is 2. The minimum atomic E-state index is -0.670. The van der Waals surface area contributed by atoms with Gasteiger partial charge in [-0.25, -0.2) is 4.98 Å². The van der Waals surface area contributed by atoms with Crippen molar-refractivity contribution in [3.05, 3.63) is 45.4 Å². The highest BCUT2D eigenvalue weighted by atomic mass is 32.1. The molecule has 0 fully saturated rings. The topological polar surface area (TPSA) is 71.1 Å². The molecule has 116 valence electrons. The van der Waals surface area contributed by atoms with E-state index < -0.39 is 11.8 Å². The number of nitrogens with zero attached hydrogens (tertiary/aromatic N) is 1. The number of carbonyl (C=O) groups excluding carboxylic acids is 2. The van der Waals surface area contributed by atoms with Crippen LogP contribution in [0.1, 0.15) is 34.1 Å². The number of hydrogen-bond donors (Lipinski definition) is 2. The molecular formula is C16H19N3O2S. The first kappa shape index (κ1) is 16.2. The minimum Gasteiger partial charge on any atom is -0.340 e. The first-order valence-corrected chi connectivity index (χ1v) is 7.81. The van der Waals surface area contributed by atoms with Crippen molar-refractivity contribution in [2.24, 2.45) is 0 Å². The molecule has 0 bridgehead atoms. The second kappa shape index (κ2) is 6.70. The molecule has 1 heterocycles. The Balaban J connectivity index is 1.99. The van der Waals surface area contributed by atoms with Gasteiger partial charge in [-0.15, -0.1) is 11.3 Å². The molecule has 1 aromatic carbocycles. The Morgan fingerprint density at radius 3 is 2.50 bits per heavy atom. The van der Waals surface area contributed by atoms with Crippen LogP contribution in [-0.2, 0) is 9.59 Å². The number of aromatic nitrogens is 1. The highest BCUT2D eigenvalue weighted by molar-refractivity contribution is 7.11. The average Bonchev–Trinajstić information content (AvgIpc) is 2.77. The fourth-order valence-corrected chi connectivity index (χ4v) is 3.12. The molecule has 0 radical (unpaired) electrons. The lowest BCUT2D eigenvalue weighted by Gasteiger charge is -2.13. The predicted molar refractivity (Wildman–Crippen MR) is 88.0 cm³/mol. The number of rotatable bonds is 3. The Labute approximate surface area is 133 Å². The molecule has 0 spiro atoms. The third-order valence-electron chi connectivity index (χ3n) is 3.16. The third-order valence-corrected chi connectivity index (χ3v) is 4.42. The van der Waals surface area contributed by atoms with Crippen LogP contribution in [0.25, 0.3) is 0 Å². The number of aryl methyl sites for hydroxylation is 3. The number of hydrogen-bond acceptors (Lipinski definition) is 4. The van der Waals surface area contributed by atoms with Crippen LogP contribution in [0, 0.1) is 20.8 Å². The smallest absolute Gasteiger partial charge is 0.313 e. The lowest BCUT2D eigenvalue weighted by Crippen LogP contribution is -2.36. The van der Waals surface area contributed by atoms with Crippen molar-refractivity contribution in [1.82, 2.24) is 10.3 Å². The van der Waals surface area contributed by atoms with Crippen LogP contribution < -0.4 is 10.6 Å². The van der Waals surface area contributed by atoms with Crippen molar-refractivity contribution < 1.29 is 9.59 Å². The molecule has 0 aliphatic carbocycles. The van der Waals surface area contributed by atoms with Gasteiger partial charge in [0.1, 0.15) is 0 Å². The zero-order valence-corrected chi connectivity index (χ0v) is 13.9. The highest BCUT2D eigenvalue weighted by Gasteiger charge is 2.20. The molecule has 0 saturated heterocycles. The molecule has 0 aliphatic rings. The monoisotopic (exact) mass is 317 g/mol. The standard InChI is InChI=1S/C16H19N3O2S/c1-9-6-5-7-13(8-9)19-16(21)15(20)18-11(3)14-10(2)17-12(4)22-14/h5-8,11H,1-4H3,(H,18,20)(H,19,21)/t11-/m0/s1. The van der Waals surface area contributed by atoms with Gasteiger partial charge in [0.25, 0.3) is 0 Å². The number of anilines is 1. The maximum atomic E-state index is 12.0. The summed E-state index contributed by atoms with van der Waals surface area (Å²) < 4.78 is 0. The summed E-state index contributed by atoms with van der Waals surface area (Å²) in [6.45, 7) is 7.58. The first-order chi connectivity index (χ1) is 10.4. The molecular weight excluding hydrogens is 298 g/mol. The fourth-order valence-electron chi connectivity index (χ4n) is 2.19. The van der Waals surface area contributed by atoms with Crippen molar-refractivity contribution in [3.63, 3.8) is 0 Å². The van der Waals surface area contributed by atoms with Crippen molar-refractivity contribution in [2.45, 2.75) is 33.7 Å². The van der Waals surface area contributed by atoms with E-state index in [1.54, 1.807) is 6.07 Å². The van der Waals surface area contributed by atoms with Gasteiger partial charge in [0.15, 0.2) is 0 Å². The molecule has 6 heteroatoms. The zero-order chi connectivity index (χ0) is 16.3. The Hall–Kier alpha value is -2.21. The van der Waals surface area contributed by atoms with E-state index in [1.165, 1.54) is 11.3 Å². The number of amides is 2. The van der Waals surface area contributed by atoms with Crippen LogP contribution in [0.3, 0.4) is 0 Å². The fraction of sp³-hybridized carbons (Fsp3) is 0.312. The number of benzene rings is 1. The van der Waals surface area contributed by atoms with Crippen LogP contribution in [0.15, 0.2) is 24.3 Å². The van der Waals surface area contributed by atoms with Gasteiger partial charge < -0.3 is 10.6 Å². The summed E-state index contributed by atoms with van der Waals surface area (Å²) in [5.74, 6) is -1.32. The Morgan fingerprint density at radius 1 is 1.18 bits per heavy atom. The number of nitrogens with one attached hydrogen (secondary N) is 2. The van der Waals surface area contributed by atoms with Crippen LogP contribution in [0.5, 0.6) is 0 Å². The largest absolute Gasteiger partial charge is 0.340 e. The van der Waals surface area contributed by atoms with Crippen LogP contribution in [-0.4, -0.2) is 16.8 Å². The maximum Gasteiger partial charge on any atom is 0.313 e. The predicted octanol–water partition coefficient (Wildman–Crippen LogP) is 2.88. The lowest BCUT2D eigenvalue weighted by atomic mass is 10.2. The van der Waals surface area contributed by atoms with E-state index in [2.05, 4.69) is 15.6 Å². The van der Waals surface area contributed by atoms with Crippen LogP contribution in [0.4, 0.5) is 5.69 Å². The van der Waals surface area contributed by atoms with Gasteiger partial charge in [-0.3, -0.25) is 9.59 Å². The molecule has 1 atom stereocenters. The Kier molecular flexibility index (Phi) is 4.92. The van der Waals surface area contributed by atoms with Crippen molar-refractivity contribution >= 4 is 28.8 Å². The lowest BCUT2D eigenvalue weighted by molar-refractivity contribution is -0.136. The Morgan fingerprint density at radius 2 is 1.91 bits per heavy atom. The number of thiazole rings is 1. The minimum absolute atomic E-state index is 0.248. The normalized spacial score (nSPS) is 11.8. The van der Waals surface area contributed by atoms with Crippen LogP contribution >= 0.6 is 11.3 Å². The SMILES string of the molecule is Cc1cccc(NC(=O)C(=O)N[C@@H](C)c2sc(C)nc2C)c1. The van der Waals surface area contributed by atoms with Gasteiger partial charge in [0.2, 0.25) is 0 Å². The summed E-state index contributed by atoms with van der Waals surface area (Å²) in [6.07, 6.45) is 0. The van der Waals surface area contributed by atoms with Crippen LogP contribution in [0.2, 0.25) is 0 Å². The third kappa shape index (κ3) is 3.92. The molecule has 22 heavy (non-hydrogen) atoms. The molecule has 2 amide bonds.